The van der Waals surface area contributed by atoms with Crippen LogP contribution in [0.25, 0.3) is 0 Å². The van der Waals surface area contributed by atoms with E-state index >= 15 is 0 Å². The van der Waals surface area contributed by atoms with Crippen molar-refractivity contribution in [2.75, 3.05) is 27.8 Å². The van der Waals surface area contributed by atoms with E-state index < -0.39 is 11.8 Å². The Hall–Kier alpha value is -2.21. The second-order valence-corrected chi connectivity index (χ2v) is 8.62. The molecule has 1 saturated heterocycles. The van der Waals surface area contributed by atoms with Gasteiger partial charge in [0.1, 0.15) is 11.4 Å². The van der Waals surface area contributed by atoms with E-state index in [1.165, 1.54) is 5.56 Å². The maximum atomic E-state index is 12.1. The molecule has 0 bridgehead atoms. The number of hydrogen-bond acceptors (Lipinski definition) is 6. The molecule has 0 amide bonds. The third-order valence-corrected chi connectivity index (χ3v) is 5.73. The van der Waals surface area contributed by atoms with Crippen LogP contribution in [0.15, 0.2) is 30.0 Å². The Morgan fingerprint density at radius 3 is 2.54 bits per heavy atom. The summed E-state index contributed by atoms with van der Waals surface area (Å²) in [6.07, 6.45) is 3.91. The van der Waals surface area contributed by atoms with Gasteiger partial charge in [-0.3, -0.25) is 0 Å². The molecule has 2 atom stereocenters. The van der Waals surface area contributed by atoms with Crippen molar-refractivity contribution in [3.63, 3.8) is 0 Å². The Labute approximate surface area is 167 Å². The molecule has 1 aromatic rings. The minimum atomic E-state index is -0.641. The van der Waals surface area contributed by atoms with Crippen molar-refractivity contribution in [3.8, 4) is 11.5 Å². The number of allylic oxidation sites excluding steroid dienone is 1. The van der Waals surface area contributed by atoms with Crippen LogP contribution in [0.1, 0.15) is 45.6 Å². The summed E-state index contributed by atoms with van der Waals surface area (Å²) in [6, 6.07) is 6.42. The maximum Gasteiger partial charge on any atom is 0.514 e. The number of hydrogen-bond donors (Lipinski definition) is 0. The SMILES string of the molecule is COc1ccc([C@@]23CC=C(OC(=O)OC(C)(C)C)C[C@@H]2N(C)CC3)cc1OC. The number of carbonyl (C=O) groups excluding carboxylic acids is 1. The predicted octanol–water partition coefficient (Wildman–Crippen LogP) is 4.28. The number of ether oxygens (including phenoxy) is 4. The average molecular weight is 389 g/mol. The van der Waals surface area contributed by atoms with Gasteiger partial charge in [-0.25, -0.2) is 4.79 Å². The Morgan fingerprint density at radius 2 is 1.89 bits per heavy atom. The fourth-order valence-electron chi connectivity index (χ4n) is 4.34. The van der Waals surface area contributed by atoms with Gasteiger partial charge in [0.25, 0.3) is 0 Å². The normalized spacial score (nSPS) is 24.9. The van der Waals surface area contributed by atoms with Gasteiger partial charge in [0.15, 0.2) is 11.5 Å². The fourth-order valence-corrected chi connectivity index (χ4v) is 4.34. The molecule has 0 saturated carbocycles. The van der Waals surface area contributed by atoms with E-state index in [0.29, 0.717) is 12.2 Å². The van der Waals surface area contributed by atoms with Crippen molar-refractivity contribution in [2.24, 2.45) is 0 Å². The fraction of sp³-hybridized carbons (Fsp3) is 0.591. The lowest BCUT2D eigenvalue weighted by atomic mass is 9.68. The van der Waals surface area contributed by atoms with Crippen LogP contribution < -0.4 is 9.47 Å². The zero-order valence-corrected chi connectivity index (χ0v) is 17.7. The van der Waals surface area contributed by atoms with Crippen LogP contribution in [-0.2, 0) is 14.9 Å². The Kier molecular flexibility index (Phi) is 5.62. The lowest BCUT2D eigenvalue weighted by molar-refractivity contribution is 0.00258. The molecule has 1 aliphatic carbocycles. The molecule has 1 aromatic carbocycles. The van der Waals surface area contributed by atoms with E-state index in [9.17, 15) is 4.79 Å². The monoisotopic (exact) mass is 389 g/mol. The van der Waals surface area contributed by atoms with Gasteiger partial charge in [-0.15, -0.1) is 0 Å². The Bertz CT molecular complexity index is 767. The number of carbonyl (C=O) groups is 1. The Balaban J connectivity index is 1.86. The molecule has 0 spiro atoms. The van der Waals surface area contributed by atoms with E-state index in [4.69, 9.17) is 18.9 Å². The zero-order chi connectivity index (χ0) is 20.5. The van der Waals surface area contributed by atoms with Crippen LogP contribution >= 0.6 is 0 Å². The highest BCUT2D eigenvalue weighted by molar-refractivity contribution is 5.62. The molecule has 154 valence electrons. The quantitative estimate of drug-likeness (QED) is 0.717. The first-order valence-electron chi connectivity index (χ1n) is 9.71. The summed E-state index contributed by atoms with van der Waals surface area (Å²) in [5.74, 6) is 2.15. The highest BCUT2D eigenvalue weighted by Crippen LogP contribution is 2.49. The molecule has 3 rings (SSSR count). The Morgan fingerprint density at radius 1 is 1.18 bits per heavy atom. The lowest BCUT2D eigenvalue weighted by Gasteiger charge is -2.40. The first-order valence-corrected chi connectivity index (χ1v) is 9.71. The highest BCUT2D eigenvalue weighted by atomic mass is 16.7. The summed E-state index contributed by atoms with van der Waals surface area (Å²) < 4.78 is 21.7. The third-order valence-electron chi connectivity index (χ3n) is 5.73. The summed E-state index contributed by atoms with van der Waals surface area (Å²) in [6.45, 7) is 6.48. The van der Waals surface area contributed by atoms with Crippen LogP contribution in [0.2, 0.25) is 0 Å². The van der Waals surface area contributed by atoms with E-state index in [2.05, 4.69) is 24.1 Å². The van der Waals surface area contributed by atoms with Crippen molar-refractivity contribution >= 4 is 6.16 Å². The molecule has 2 aliphatic rings. The van der Waals surface area contributed by atoms with Gasteiger partial charge in [0, 0.05) is 17.9 Å². The van der Waals surface area contributed by atoms with Crippen LogP contribution in [0.3, 0.4) is 0 Å². The second-order valence-electron chi connectivity index (χ2n) is 8.62. The number of likely N-dealkylation sites (tertiary alicyclic amines) is 1. The number of benzene rings is 1. The van der Waals surface area contributed by atoms with Crippen LogP contribution in [0.5, 0.6) is 11.5 Å². The van der Waals surface area contributed by atoms with E-state index in [-0.39, 0.29) is 11.5 Å². The molecule has 0 N–H and O–H groups in total. The first-order chi connectivity index (χ1) is 13.2. The first kappa shape index (κ1) is 20.5. The van der Waals surface area contributed by atoms with Crippen molar-refractivity contribution in [2.45, 2.75) is 57.1 Å². The molecule has 6 heteroatoms. The summed E-state index contributed by atoms with van der Waals surface area (Å²) >= 11 is 0. The average Bonchev–Trinajstić information content (AvgIpc) is 2.97. The molecule has 1 fully saturated rings. The van der Waals surface area contributed by atoms with E-state index in [1.807, 2.05) is 32.9 Å². The van der Waals surface area contributed by atoms with Gasteiger partial charge >= 0.3 is 6.16 Å². The number of methoxy groups -OCH3 is 2. The number of nitrogens with zero attached hydrogens (tertiary/aromatic N) is 1. The smallest absolute Gasteiger partial charge is 0.493 e. The third kappa shape index (κ3) is 3.97. The highest BCUT2D eigenvalue weighted by Gasteiger charge is 2.49. The molecule has 0 unspecified atom stereocenters. The van der Waals surface area contributed by atoms with Crippen LogP contribution in [0.4, 0.5) is 4.79 Å². The summed E-state index contributed by atoms with van der Waals surface area (Å²) in [5.41, 5.74) is 0.627. The second kappa shape index (κ2) is 7.66. The van der Waals surface area contributed by atoms with Crippen molar-refractivity contribution in [1.82, 2.24) is 4.90 Å². The van der Waals surface area contributed by atoms with Gasteiger partial charge in [-0.2, -0.15) is 0 Å². The minimum Gasteiger partial charge on any atom is -0.493 e. The summed E-state index contributed by atoms with van der Waals surface area (Å²) in [4.78, 5) is 14.4. The van der Waals surface area contributed by atoms with E-state index in [0.717, 1.165) is 30.9 Å². The summed E-state index contributed by atoms with van der Waals surface area (Å²) in [5, 5.41) is 0. The largest absolute Gasteiger partial charge is 0.514 e. The molecular weight excluding hydrogens is 358 g/mol. The predicted molar refractivity (Wildman–Crippen MR) is 107 cm³/mol. The maximum absolute atomic E-state index is 12.1. The topological polar surface area (TPSA) is 57.2 Å². The van der Waals surface area contributed by atoms with Gasteiger partial charge in [-0.05, 0) is 71.0 Å². The van der Waals surface area contributed by atoms with Gasteiger partial charge in [-0.1, -0.05) is 6.07 Å². The summed E-state index contributed by atoms with van der Waals surface area (Å²) in [7, 11) is 5.43. The molecular formula is C22H31NO5. The van der Waals surface area contributed by atoms with Gasteiger partial charge < -0.3 is 23.8 Å². The molecule has 0 aromatic heterocycles. The lowest BCUT2D eigenvalue weighted by Crippen LogP contribution is -2.43. The molecule has 6 nitrogen and oxygen atoms in total. The standard InChI is InChI=1S/C22H31NO5/c1-21(2,3)28-20(24)27-16-9-10-22(11-12-23(4)19(22)14-16)15-7-8-17(25-5)18(13-15)26-6/h7-9,13,19H,10-12,14H2,1-6H3/t19-,22-/m0/s1. The molecule has 1 aliphatic heterocycles. The zero-order valence-electron chi connectivity index (χ0n) is 17.7. The molecule has 1 heterocycles. The van der Waals surface area contributed by atoms with Crippen LogP contribution in [0, 0.1) is 0 Å². The van der Waals surface area contributed by atoms with Crippen molar-refractivity contribution < 1.29 is 23.7 Å². The van der Waals surface area contributed by atoms with Crippen LogP contribution in [-0.4, -0.2) is 50.5 Å². The molecule has 0 radical (unpaired) electrons. The van der Waals surface area contributed by atoms with Crippen molar-refractivity contribution in [1.29, 1.82) is 0 Å². The van der Waals surface area contributed by atoms with Gasteiger partial charge in [0.05, 0.1) is 14.2 Å². The van der Waals surface area contributed by atoms with Crippen molar-refractivity contribution in [3.05, 3.63) is 35.6 Å². The minimum absolute atomic E-state index is 0.0326. The number of likely N-dealkylation sites (N-methyl/N-ethyl adjacent to an activating group) is 1. The van der Waals surface area contributed by atoms with E-state index in [1.54, 1.807) is 14.2 Å². The molecule has 28 heavy (non-hydrogen) atoms. The number of fused-ring (bicyclic) bond motifs is 1. The van der Waals surface area contributed by atoms with Gasteiger partial charge in [0.2, 0.25) is 0 Å². The number of rotatable bonds is 4.